The van der Waals surface area contributed by atoms with Gasteiger partial charge in [0.05, 0.1) is 13.7 Å². The smallest absolute Gasteiger partial charge is 0.119 e. The Balaban J connectivity index is 1.53. The Morgan fingerprint density at radius 2 is 1.76 bits per heavy atom. The molecule has 1 saturated heterocycles. The lowest BCUT2D eigenvalue weighted by atomic mass is 10.1. The SMILES string of the molecule is CNC1CCN(CCCCOc2ccc(OC)cc2)CC1. The zero-order valence-corrected chi connectivity index (χ0v) is 13.3. The monoisotopic (exact) mass is 292 g/mol. The molecule has 1 fully saturated rings. The van der Waals surface area contributed by atoms with E-state index in [0.717, 1.165) is 30.6 Å². The molecule has 1 aromatic carbocycles. The van der Waals surface area contributed by atoms with Gasteiger partial charge in [-0.25, -0.2) is 0 Å². The van der Waals surface area contributed by atoms with Crippen LogP contribution in [0.2, 0.25) is 0 Å². The number of likely N-dealkylation sites (tertiary alicyclic amines) is 1. The Labute approximate surface area is 128 Å². The van der Waals surface area contributed by atoms with Gasteiger partial charge in [-0.2, -0.15) is 0 Å². The second-order valence-electron chi connectivity index (χ2n) is 5.64. The van der Waals surface area contributed by atoms with Crippen LogP contribution in [0.5, 0.6) is 11.5 Å². The van der Waals surface area contributed by atoms with Crippen molar-refractivity contribution in [1.29, 1.82) is 0 Å². The lowest BCUT2D eigenvalue weighted by Gasteiger charge is -2.31. The Morgan fingerprint density at radius 1 is 1.10 bits per heavy atom. The first kappa shape index (κ1) is 16.1. The van der Waals surface area contributed by atoms with Crippen molar-refractivity contribution in [3.05, 3.63) is 24.3 Å². The van der Waals surface area contributed by atoms with E-state index in [1.807, 2.05) is 24.3 Å². The Bertz CT molecular complexity index is 386. The number of methoxy groups -OCH3 is 1. The van der Waals surface area contributed by atoms with Gasteiger partial charge in [0.25, 0.3) is 0 Å². The topological polar surface area (TPSA) is 33.7 Å². The molecule has 0 bridgehead atoms. The number of nitrogens with zero attached hydrogens (tertiary/aromatic N) is 1. The number of piperidine rings is 1. The van der Waals surface area contributed by atoms with Gasteiger partial charge < -0.3 is 19.7 Å². The lowest BCUT2D eigenvalue weighted by molar-refractivity contribution is 0.193. The van der Waals surface area contributed by atoms with Gasteiger partial charge in [0.1, 0.15) is 11.5 Å². The third kappa shape index (κ3) is 5.56. The molecule has 0 aromatic heterocycles. The summed E-state index contributed by atoms with van der Waals surface area (Å²) in [5.41, 5.74) is 0. The molecular formula is C17H28N2O2. The minimum atomic E-state index is 0.722. The van der Waals surface area contributed by atoms with Gasteiger partial charge in [-0.15, -0.1) is 0 Å². The molecule has 0 atom stereocenters. The fourth-order valence-corrected chi connectivity index (χ4v) is 2.74. The molecule has 0 amide bonds. The van der Waals surface area contributed by atoms with Gasteiger partial charge in [0.2, 0.25) is 0 Å². The third-order valence-electron chi connectivity index (χ3n) is 4.19. The molecule has 0 radical (unpaired) electrons. The summed E-state index contributed by atoms with van der Waals surface area (Å²) in [6, 6.07) is 8.50. The van der Waals surface area contributed by atoms with E-state index < -0.39 is 0 Å². The van der Waals surface area contributed by atoms with Crippen LogP contribution in [0.4, 0.5) is 0 Å². The van der Waals surface area contributed by atoms with Crippen LogP contribution >= 0.6 is 0 Å². The first-order chi connectivity index (χ1) is 10.3. The molecular weight excluding hydrogens is 264 g/mol. The molecule has 2 rings (SSSR count). The number of hydrogen-bond acceptors (Lipinski definition) is 4. The van der Waals surface area contributed by atoms with E-state index in [1.165, 1.54) is 38.9 Å². The van der Waals surface area contributed by atoms with E-state index in [4.69, 9.17) is 9.47 Å². The zero-order valence-electron chi connectivity index (χ0n) is 13.3. The highest BCUT2D eigenvalue weighted by Gasteiger charge is 2.16. The van der Waals surface area contributed by atoms with Crippen LogP contribution in [0, 0.1) is 0 Å². The number of hydrogen-bond donors (Lipinski definition) is 1. The number of unbranched alkanes of at least 4 members (excludes halogenated alkanes) is 1. The van der Waals surface area contributed by atoms with E-state index in [-0.39, 0.29) is 0 Å². The number of rotatable bonds is 8. The van der Waals surface area contributed by atoms with Gasteiger partial charge in [0.15, 0.2) is 0 Å². The van der Waals surface area contributed by atoms with Crippen molar-refractivity contribution in [2.75, 3.05) is 40.4 Å². The molecule has 0 spiro atoms. The van der Waals surface area contributed by atoms with Crippen LogP contribution in [0.15, 0.2) is 24.3 Å². The average molecular weight is 292 g/mol. The highest BCUT2D eigenvalue weighted by Crippen LogP contribution is 2.17. The molecule has 0 unspecified atom stereocenters. The maximum atomic E-state index is 5.75. The molecule has 118 valence electrons. The summed E-state index contributed by atoms with van der Waals surface area (Å²) < 4.78 is 10.9. The fourth-order valence-electron chi connectivity index (χ4n) is 2.74. The largest absolute Gasteiger partial charge is 0.497 e. The minimum Gasteiger partial charge on any atom is -0.497 e. The predicted octanol–water partition coefficient (Wildman–Crippen LogP) is 2.54. The number of nitrogens with one attached hydrogen (secondary N) is 1. The van der Waals surface area contributed by atoms with Crippen LogP contribution in [0.3, 0.4) is 0 Å². The molecule has 4 nitrogen and oxygen atoms in total. The van der Waals surface area contributed by atoms with Crippen molar-refractivity contribution in [3.63, 3.8) is 0 Å². The van der Waals surface area contributed by atoms with Gasteiger partial charge in [-0.3, -0.25) is 0 Å². The van der Waals surface area contributed by atoms with Crippen LogP contribution < -0.4 is 14.8 Å². The van der Waals surface area contributed by atoms with Crippen LogP contribution in [0.25, 0.3) is 0 Å². The molecule has 0 aliphatic carbocycles. The highest BCUT2D eigenvalue weighted by atomic mass is 16.5. The second-order valence-corrected chi connectivity index (χ2v) is 5.64. The molecule has 1 aromatic rings. The highest BCUT2D eigenvalue weighted by molar-refractivity contribution is 5.31. The summed E-state index contributed by atoms with van der Waals surface area (Å²) in [4.78, 5) is 2.57. The number of ether oxygens (including phenoxy) is 2. The fraction of sp³-hybridized carbons (Fsp3) is 0.647. The minimum absolute atomic E-state index is 0.722. The summed E-state index contributed by atoms with van der Waals surface area (Å²) in [7, 11) is 3.74. The molecule has 1 N–H and O–H groups in total. The Hall–Kier alpha value is -1.26. The normalized spacial score (nSPS) is 16.9. The van der Waals surface area contributed by atoms with Crippen LogP contribution in [-0.4, -0.2) is 51.3 Å². The Morgan fingerprint density at radius 3 is 2.38 bits per heavy atom. The quantitative estimate of drug-likeness (QED) is 0.747. The Kier molecular flexibility index (Phi) is 6.83. The maximum absolute atomic E-state index is 5.75. The van der Waals surface area contributed by atoms with Crippen LogP contribution in [0.1, 0.15) is 25.7 Å². The second kappa shape index (κ2) is 8.90. The molecule has 0 saturated carbocycles. The zero-order chi connectivity index (χ0) is 14.9. The van der Waals surface area contributed by atoms with E-state index in [1.54, 1.807) is 7.11 Å². The summed E-state index contributed by atoms with van der Waals surface area (Å²) in [6.45, 7) is 4.44. The first-order valence-corrected chi connectivity index (χ1v) is 7.98. The summed E-state index contributed by atoms with van der Waals surface area (Å²) >= 11 is 0. The average Bonchev–Trinajstić information content (AvgIpc) is 2.55. The standard InChI is InChI=1S/C17H28N2O2/c1-18-15-9-12-19(13-10-15)11-3-4-14-21-17-7-5-16(20-2)6-8-17/h5-8,15,18H,3-4,9-14H2,1-2H3. The third-order valence-corrected chi connectivity index (χ3v) is 4.19. The van der Waals surface area contributed by atoms with Crippen molar-refractivity contribution in [1.82, 2.24) is 10.2 Å². The van der Waals surface area contributed by atoms with Crippen molar-refractivity contribution >= 4 is 0 Å². The maximum Gasteiger partial charge on any atom is 0.119 e. The molecule has 1 heterocycles. The predicted molar refractivity (Wildman–Crippen MR) is 86.2 cm³/mol. The van der Waals surface area contributed by atoms with Gasteiger partial charge in [-0.05, 0) is 76.6 Å². The van der Waals surface area contributed by atoms with E-state index in [2.05, 4.69) is 17.3 Å². The molecule has 4 heteroatoms. The number of benzene rings is 1. The van der Waals surface area contributed by atoms with Crippen molar-refractivity contribution in [2.24, 2.45) is 0 Å². The van der Waals surface area contributed by atoms with Gasteiger partial charge >= 0.3 is 0 Å². The molecule has 1 aliphatic rings. The van der Waals surface area contributed by atoms with Crippen molar-refractivity contribution in [3.8, 4) is 11.5 Å². The van der Waals surface area contributed by atoms with Crippen molar-refractivity contribution in [2.45, 2.75) is 31.7 Å². The van der Waals surface area contributed by atoms with E-state index in [0.29, 0.717) is 0 Å². The van der Waals surface area contributed by atoms with Gasteiger partial charge in [0, 0.05) is 6.04 Å². The van der Waals surface area contributed by atoms with Gasteiger partial charge in [-0.1, -0.05) is 0 Å². The summed E-state index contributed by atoms with van der Waals surface area (Å²) in [5, 5.41) is 3.37. The van der Waals surface area contributed by atoms with E-state index in [9.17, 15) is 0 Å². The molecule has 1 aliphatic heterocycles. The molecule has 21 heavy (non-hydrogen) atoms. The lowest BCUT2D eigenvalue weighted by Crippen LogP contribution is -2.41. The van der Waals surface area contributed by atoms with E-state index >= 15 is 0 Å². The first-order valence-electron chi connectivity index (χ1n) is 7.98. The summed E-state index contributed by atoms with van der Waals surface area (Å²) in [6.07, 6.45) is 4.87. The summed E-state index contributed by atoms with van der Waals surface area (Å²) in [5.74, 6) is 1.79. The van der Waals surface area contributed by atoms with Crippen LogP contribution in [-0.2, 0) is 0 Å². The van der Waals surface area contributed by atoms with Crippen molar-refractivity contribution < 1.29 is 9.47 Å².